The van der Waals surface area contributed by atoms with Crippen LogP contribution in [-0.4, -0.2) is 17.2 Å². The largest absolute Gasteiger partial charge is 0.419 e. The lowest BCUT2D eigenvalue weighted by atomic mass is 10.2. The lowest BCUT2D eigenvalue weighted by molar-refractivity contribution is 0.441. The Kier molecular flexibility index (Phi) is 2.85. The molecular formula is C13H13N3OS. The summed E-state index contributed by atoms with van der Waals surface area (Å²) in [6.45, 7) is 1.99. The second kappa shape index (κ2) is 4.51. The monoisotopic (exact) mass is 259 g/mol. The van der Waals surface area contributed by atoms with E-state index in [1.54, 1.807) is 11.3 Å². The molecule has 18 heavy (non-hydrogen) atoms. The fourth-order valence-electron chi connectivity index (χ4n) is 1.79. The summed E-state index contributed by atoms with van der Waals surface area (Å²) in [5.41, 5.74) is 1.01. The number of hydrogen-bond donors (Lipinski definition) is 1. The molecule has 0 bridgehead atoms. The number of nitrogens with one attached hydrogen (secondary N) is 1. The van der Waals surface area contributed by atoms with Gasteiger partial charge in [0, 0.05) is 15.5 Å². The molecule has 0 aliphatic carbocycles. The van der Waals surface area contributed by atoms with Gasteiger partial charge in [0.2, 0.25) is 11.8 Å². The molecule has 5 heteroatoms. The maximum absolute atomic E-state index is 5.71. The van der Waals surface area contributed by atoms with E-state index < -0.39 is 0 Å². The van der Waals surface area contributed by atoms with Gasteiger partial charge < -0.3 is 9.73 Å². The van der Waals surface area contributed by atoms with Crippen molar-refractivity contribution in [2.45, 2.75) is 13.0 Å². The van der Waals surface area contributed by atoms with Crippen molar-refractivity contribution in [3.05, 3.63) is 35.5 Å². The fourth-order valence-corrected chi connectivity index (χ4v) is 2.72. The summed E-state index contributed by atoms with van der Waals surface area (Å²) in [5, 5.41) is 14.5. The molecule has 0 fully saturated rings. The molecule has 0 aliphatic heterocycles. The summed E-state index contributed by atoms with van der Waals surface area (Å²) in [4.78, 5) is 0. The van der Waals surface area contributed by atoms with Crippen LogP contribution in [-0.2, 0) is 0 Å². The zero-order valence-electron chi connectivity index (χ0n) is 10.2. The van der Waals surface area contributed by atoms with Crippen molar-refractivity contribution in [2.24, 2.45) is 0 Å². The van der Waals surface area contributed by atoms with E-state index in [2.05, 4.69) is 33.0 Å². The van der Waals surface area contributed by atoms with Crippen LogP contribution in [0.4, 0.5) is 0 Å². The van der Waals surface area contributed by atoms with Crippen LogP contribution in [0.2, 0.25) is 0 Å². The first kappa shape index (κ1) is 11.4. The molecule has 0 amide bonds. The van der Waals surface area contributed by atoms with Gasteiger partial charge in [-0.1, -0.05) is 18.2 Å². The second-order valence-electron chi connectivity index (χ2n) is 4.10. The third-order valence-electron chi connectivity index (χ3n) is 2.96. The van der Waals surface area contributed by atoms with Gasteiger partial charge in [-0.3, -0.25) is 0 Å². The minimum Gasteiger partial charge on any atom is -0.419 e. The molecule has 2 aromatic heterocycles. The Morgan fingerprint density at radius 1 is 1.28 bits per heavy atom. The van der Waals surface area contributed by atoms with E-state index in [-0.39, 0.29) is 6.04 Å². The van der Waals surface area contributed by atoms with Crippen LogP contribution in [0.15, 0.2) is 34.1 Å². The van der Waals surface area contributed by atoms with Gasteiger partial charge in [-0.2, -0.15) is 0 Å². The van der Waals surface area contributed by atoms with Crippen LogP contribution in [0.3, 0.4) is 0 Å². The second-order valence-corrected chi connectivity index (χ2v) is 5.01. The van der Waals surface area contributed by atoms with E-state index in [0.717, 1.165) is 10.9 Å². The van der Waals surface area contributed by atoms with Crippen LogP contribution in [0.5, 0.6) is 0 Å². The van der Waals surface area contributed by atoms with Crippen molar-refractivity contribution in [1.82, 2.24) is 15.5 Å². The minimum atomic E-state index is 0.0659. The van der Waals surface area contributed by atoms with Crippen LogP contribution in [0.1, 0.15) is 18.9 Å². The molecule has 0 radical (unpaired) electrons. The highest BCUT2D eigenvalue weighted by Gasteiger charge is 2.15. The van der Waals surface area contributed by atoms with Gasteiger partial charge in [-0.15, -0.1) is 21.5 Å². The van der Waals surface area contributed by atoms with Gasteiger partial charge in [-0.25, -0.2) is 0 Å². The number of hydrogen-bond acceptors (Lipinski definition) is 5. The number of nitrogens with zero attached hydrogens (tertiary/aromatic N) is 2. The molecule has 1 unspecified atom stereocenters. The maximum atomic E-state index is 5.71. The average Bonchev–Trinajstić information content (AvgIpc) is 3.03. The number of fused-ring (bicyclic) bond motifs is 1. The van der Waals surface area contributed by atoms with Crippen molar-refractivity contribution in [2.75, 3.05) is 7.05 Å². The van der Waals surface area contributed by atoms with E-state index in [0.29, 0.717) is 11.8 Å². The first-order valence-corrected chi connectivity index (χ1v) is 6.65. The van der Waals surface area contributed by atoms with Crippen molar-refractivity contribution in [1.29, 1.82) is 0 Å². The molecule has 1 atom stereocenters. The predicted molar refractivity (Wildman–Crippen MR) is 72.6 cm³/mol. The normalized spacial score (nSPS) is 13.0. The topological polar surface area (TPSA) is 51.0 Å². The molecule has 0 spiro atoms. The Labute approximate surface area is 109 Å². The van der Waals surface area contributed by atoms with E-state index in [4.69, 9.17) is 4.42 Å². The van der Waals surface area contributed by atoms with Gasteiger partial charge in [0.15, 0.2) is 0 Å². The van der Waals surface area contributed by atoms with E-state index >= 15 is 0 Å². The van der Waals surface area contributed by atoms with Gasteiger partial charge >= 0.3 is 0 Å². The highest BCUT2D eigenvalue weighted by atomic mass is 32.1. The number of rotatable bonds is 3. The fraction of sp³-hybridized carbons (Fsp3) is 0.231. The Morgan fingerprint density at radius 2 is 2.11 bits per heavy atom. The van der Waals surface area contributed by atoms with Crippen molar-refractivity contribution >= 4 is 21.4 Å². The molecule has 1 aromatic carbocycles. The van der Waals surface area contributed by atoms with E-state index in [1.807, 2.05) is 26.1 Å². The first-order valence-electron chi connectivity index (χ1n) is 5.77. The quantitative estimate of drug-likeness (QED) is 0.784. The Balaban J connectivity index is 2.07. The molecule has 1 N–H and O–H groups in total. The molecule has 3 rings (SSSR count). The molecule has 0 saturated carbocycles. The number of thiophene rings is 1. The Hall–Kier alpha value is -1.72. The summed E-state index contributed by atoms with van der Waals surface area (Å²) in [6, 6.07) is 8.29. The van der Waals surface area contributed by atoms with Gasteiger partial charge in [0.05, 0.1) is 11.6 Å². The lowest BCUT2D eigenvalue weighted by Crippen LogP contribution is -2.12. The summed E-state index contributed by atoms with van der Waals surface area (Å²) < 4.78 is 6.94. The van der Waals surface area contributed by atoms with Gasteiger partial charge in [0.1, 0.15) is 0 Å². The standard InChI is InChI=1S/C13H13N3OS/c1-8(14-2)12-15-16-13(17-12)10-7-18-11-6-4-3-5-9(10)11/h3-8,14H,1-2H3. The lowest BCUT2D eigenvalue weighted by Gasteiger charge is -2.02. The molecule has 4 nitrogen and oxygen atoms in total. The third-order valence-corrected chi connectivity index (χ3v) is 3.92. The SMILES string of the molecule is CNC(C)c1nnc(-c2csc3ccccc23)o1. The number of aromatic nitrogens is 2. The van der Waals surface area contributed by atoms with Crippen LogP contribution >= 0.6 is 11.3 Å². The van der Waals surface area contributed by atoms with Crippen molar-refractivity contribution in [3.63, 3.8) is 0 Å². The average molecular weight is 259 g/mol. The van der Waals surface area contributed by atoms with E-state index in [9.17, 15) is 0 Å². The summed E-state index contributed by atoms with van der Waals surface area (Å²) in [7, 11) is 1.87. The van der Waals surface area contributed by atoms with Gasteiger partial charge in [-0.05, 0) is 20.0 Å². The van der Waals surface area contributed by atoms with Crippen LogP contribution in [0, 0.1) is 0 Å². The molecule has 0 saturated heterocycles. The van der Waals surface area contributed by atoms with Crippen molar-refractivity contribution in [3.8, 4) is 11.5 Å². The smallest absolute Gasteiger partial charge is 0.249 e. The summed E-state index contributed by atoms with van der Waals surface area (Å²) in [5.74, 6) is 1.20. The van der Waals surface area contributed by atoms with Crippen molar-refractivity contribution < 1.29 is 4.42 Å². The molecule has 2 heterocycles. The molecule has 92 valence electrons. The van der Waals surface area contributed by atoms with E-state index in [1.165, 1.54) is 4.70 Å². The Morgan fingerprint density at radius 3 is 2.94 bits per heavy atom. The highest BCUT2D eigenvalue weighted by molar-refractivity contribution is 7.17. The third kappa shape index (κ3) is 1.81. The summed E-state index contributed by atoms with van der Waals surface area (Å²) in [6.07, 6.45) is 0. The van der Waals surface area contributed by atoms with Crippen LogP contribution in [0.25, 0.3) is 21.5 Å². The molecule has 3 aromatic rings. The maximum Gasteiger partial charge on any atom is 0.249 e. The zero-order chi connectivity index (χ0) is 12.5. The summed E-state index contributed by atoms with van der Waals surface area (Å²) >= 11 is 1.69. The molecule has 0 aliphatic rings. The Bertz CT molecular complexity index is 673. The highest BCUT2D eigenvalue weighted by Crippen LogP contribution is 2.33. The molecular weight excluding hydrogens is 246 g/mol. The van der Waals surface area contributed by atoms with Gasteiger partial charge in [0.25, 0.3) is 0 Å². The zero-order valence-corrected chi connectivity index (χ0v) is 11.0. The minimum absolute atomic E-state index is 0.0659. The van der Waals surface area contributed by atoms with Crippen LogP contribution < -0.4 is 5.32 Å². The first-order chi connectivity index (χ1) is 8.79. The number of benzene rings is 1. The predicted octanol–water partition coefficient (Wildman–Crippen LogP) is 3.23.